The lowest BCUT2D eigenvalue weighted by atomic mass is 9.95. The van der Waals surface area contributed by atoms with Crippen LogP contribution in [0.2, 0.25) is 0 Å². The predicted molar refractivity (Wildman–Crippen MR) is 64.7 cm³/mol. The molecular weight excluding hydrogens is 236 g/mol. The molecule has 1 N–H and O–H groups in total. The number of benzene rings is 1. The van der Waals surface area contributed by atoms with E-state index in [1.807, 2.05) is 0 Å². The molecule has 6 nitrogen and oxygen atoms in total. The average molecular weight is 248 g/mol. The van der Waals surface area contributed by atoms with Gasteiger partial charge in [0, 0.05) is 18.8 Å². The highest BCUT2D eigenvalue weighted by Gasteiger charge is 2.27. The van der Waals surface area contributed by atoms with Gasteiger partial charge in [0.25, 0.3) is 5.69 Å². The van der Waals surface area contributed by atoms with Crippen molar-refractivity contribution in [3.63, 3.8) is 0 Å². The smallest absolute Gasteiger partial charge is 0.277 e. The molecule has 0 radical (unpaired) electrons. The molecule has 0 aliphatic carbocycles. The minimum atomic E-state index is -0.586. The molecule has 2 rings (SSSR count). The van der Waals surface area contributed by atoms with E-state index in [1.165, 1.54) is 6.07 Å². The first-order chi connectivity index (χ1) is 8.69. The topological polar surface area (TPSA) is 83.7 Å². The van der Waals surface area contributed by atoms with E-state index in [0.717, 1.165) is 6.29 Å². The van der Waals surface area contributed by atoms with Gasteiger partial charge in [-0.2, -0.15) is 0 Å². The molecule has 0 aromatic heterocycles. The summed E-state index contributed by atoms with van der Waals surface area (Å²) in [6.07, 6.45) is 3.93. The average Bonchev–Trinajstić information content (AvgIpc) is 2.37. The Balaban J connectivity index is 2.50. The Bertz CT molecular complexity index is 513. The lowest BCUT2D eigenvalue weighted by molar-refractivity contribution is -0.385. The van der Waals surface area contributed by atoms with Crippen LogP contribution in [-0.2, 0) is 4.79 Å². The molecule has 1 aromatic rings. The van der Waals surface area contributed by atoms with E-state index < -0.39 is 11.0 Å². The summed E-state index contributed by atoms with van der Waals surface area (Å²) in [6.45, 7) is 0.223. The predicted octanol–water partition coefficient (Wildman–Crippen LogP) is 1.11. The molecule has 94 valence electrons. The van der Waals surface area contributed by atoms with Crippen LogP contribution in [0.15, 0.2) is 24.4 Å². The molecule has 1 unspecified atom stereocenters. The number of hydrogen-bond donors (Lipinski definition) is 1. The number of β-amino-alcohol motifs (C(OH)–C–C–N with tert-alkyl or cyclic N) is 1. The summed E-state index contributed by atoms with van der Waals surface area (Å²) in [5.41, 5.74) is 1.03. The van der Waals surface area contributed by atoms with Crippen LogP contribution in [0, 0.1) is 10.1 Å². The van der Waals surface area contributed by atoms with Crippen LogP contribution in [-0.4, -0.2) is 34.4 Å². The van der Waals surface area contributed by atoms with E-state index in [9.17, 15) is 14.9 Å². The van der Waals surface area contributed by atoms with Gasteiger partial charge in [0.2, 0.25) is 0 Å². The number of hydrogen-bond acceptors (Lipinski definition) is 5. The minimum absolute atomic E-state index is 0.0146. The standard InChI is InChI=1S/C12H12N2O4/c15-7-6-13-5-4-10-9(12(13)8-16)2-1-3-11(10)14(17)18/h1-5,8,12,15H,6-7H2. The van der Waals surface area contributed by atoms with Gasteiger partial charge in [0.05, 0.1) is 17.1 Å². The Labute approximate surface area is 103 Å². The number of nitrogens with zero attached hydrogens (tertiary/aromatic N) is 2. The number of nitro groups is 1. The Morgan fingerprint density at radius 1 is 1.50 bits per heavy atom. The molecule has 6 heteroatoms. The number of carbonyl (C=O) groups excluding carboxylic acids is 1. The van der Waals surface area contributed by atoms with Crippen molar-refractivity contribution < 1.29 is 14.8 Å². The molecule has 0 fully saturated rings. The highest BCUT2D eigenvalue weighted by atomic mass is 16.6. The molecule has 0 saturated carbocycles. The van der Waals surface area contributed by atoms with E-state index >= 15 is 0 Å². The summed E-state index contributed by atoms with van der Waals surface area (Å²) in [5, 5.41) is 19.8. The molecule has 0 saturated heterocycles. The second-order valence-electron chi connectivity index (χ2n) is 3.90. The third kappa shape index (κ3) is 1.98. The summed E-state index contributed by atoms with van der Waals surface area (Å²) in [7, 11) is 0. The number of carbonyl (C=O) groups is 1. The second kappa shape index (κ2) is 4.97. The molecule has 1 heterocycles. The lowest BCUT2D eigenvalue weighted by Crippen LogP contribution is -2.30. The molecular formula is C12H12N2O4. The van der Waals surface area contributed by atoms with Crippen molar-refractivity contribution in [1.29, 1.82) is 0 Å². The summed E-state index contributed by atoms with van der Waals surface area (Å²) in [4.78, 5) is 23.3. The number of aldehydes is 1. The highest BCUT2D eigenvalue weighted by Crippen LogP contribution is 2.34. The fourth-order valence-corrected chi connectivity index (χ4v) is 2.09. The van der Waals surface area contributed by atoms with Crippen molar-refractivity contribution >= 4 is 18.0 Å². The van der Waals surface area contributed by atoms with Crippen LogP contribution < -0.4 is 0 Å². The lowest BCUT2D eigenvalue weighted by Gasteiger charge is -2.30. The van der Waals surface area contributed by atoms with E-state index in [4.69, 9.17) is 5.11 Å². The summed E-state index contributed by atoms with van der Waals surface area (Å²) in [5.74, 6) is 0. The largest absolute Gasteiger partial charge is 0.395 e. The van der Waals surface area contributed by atoms with Gasteiger partial charge in [0.1, 0.15) is 12.3 Å². The van der Waals surface area contributed by atoms with Crippen molar-refractivity contribution in [2.75, 3.05) is 13.2 Å². The number of nitro benzene ring substituents is 1. The van der Waals surface area contributed by atoms with E-state index in [0.29, 0.717) is 17.7 Å². The summed E-state index contributed by atoms with van der Waals surface area (Å²) >= 11 is 0. The molecule has 1 aliphatic rings. The molecule has 0 bridgehead atoms. The first kappa shape index (κ1) is 12.3. The minimum Gasteiger partial charge on any atom is -0.395 e. The van der Waals surface area contributed by atoms with Crippen LogP contribution in [0.4, 0.5) is 5.69 Å². The van der Waals surface area contributed by atoms with Gasteiger partial charge in [-0.1, -0.05) is 12.1 Å². The summed E-state index contributed by atoms with van der Waals surface area (Å²) in [6, 6.07) is 4.07. The van der Waals surface area contributed by atoms with Crippen LogP contribution >= 0.6 is 0 Å². The monoisotopic (exact) mass is 248 g/mol. The Hall–Kier alpha value is -2.21. The zero-order valence-corrected chi connectivity index (χ0v) is 9.52. The Morgan fingerprint density at radius 2 is 2.28 bits per heavy atom. The highest BCUT2D eigenvalue weighted by molar-refractivity contribution is 5.74. The fraction of sp³-hybridized carbons (Fsp3) is 0.250. The zero-order chi connectivity index (χ0) is 13.1. The van der Waals surface area contributed by atoms with Crippen LogP contribution in [0.25, 0.3) is 6.08 Å². The maximum atomic E-state index is 11.2. The van der Waals surface area contributed by atoms with Crippen molar-refractivity contribution in [1.82, 2.24) is 4.90 Å². The van der Waals surface area contributed by atoms with Crippen molar-refractivity contribution in [3.05, 3.63) is 45.6 Å². The van der Waals surface area contributed by atoms with E-state index in [2.05, 4.69) is 0 Å². The van der Waals surface area contributed by atoms with Gasteiger partial charge in [0.15, 0.2) is 0 Å². The quantitative estimate of drug-likeness (QED) is 0.490. The molecule has 18 heavy (non-hydrogen) atoms. The van der Waals surface area contributed by atoms with Crippen LogP contribution in [0.5, 0.6) is 0 Å². The maximum Gasteiger partial charge on any atom is 0.277 e. The van der Waals surface area contributed by atoms with Gasteiger partial charge in [-0.05, 0) is 11.6 Å². The molecule has 0 amide bonds. The first-order valence-corrected chi connectivity index (χ1v) is 5.46. The molecule has 1 aliphatic heterocycles. The van der Waals surface area contributed by atoms with Gasteiger partial charge in [-0.3, -0.25) is 10.1 Å². The van der Waals surface area contributed by atoms with Crippen LogP contribution in [0.1, 0.15) is 17.2 Å². The van der Waals surface area contributed by atoms with Crippen molar-refractivity contribution in [3.8, 4) is 0 Å². The van der Waals surface area contributed by atoms with E-state index in [-0.39, 0.29) is 12.3 Å². The van der Waals surface area contributed by atoms with Gasteiger partial charge in [-0.15, -0.1) is 0 Å². The van der Waals surface area contributed by atoms with Gasteiger partial charge < -0.3 is 14.8 Å². The van der Waals surface area contributed by atoms with Crippen LogP contribution in [0.3, 0.4) is 0 Å². The third-order valence-electron chi connectivity index (χ3n) is 2.91. The zero-order valence-electron chi connectivity index (χ0n) is 9.52. The molecule has 1 aromatic carbocycles. The van der Waals surface area contributed by atoms with Gasteiger partial charge in [-0.25, -0.2) is 0 Å². The summed E-state index contributed by atoms with van der Waals surface area (Å²) < 4.78 is 0. The fourth-order valence-electron chi connectivity index (χ4n) is 2.09. The second-order valence-corrected chi connectivity index (χ2v) is 3.90. The number of aliphatic hydroxyl groups is 1. The normalized spacial score (nSPS) is 17.4. The maximum absolute atomic E-state index is 11.2. The SMILES string of the molecule is O=CC1c2cccc([N+](=O)[O-])c2C=CN1CCO. The van der Waals surface area contributed by atoms with E-state index in [1.54, 1.807) is 29.3 Å². The number of fused-ring (bicyclic) bond motifs is 1. The third-order valence-corrected chi connectivity index (χ3v) is 2.91. The Morgan fingerprint density at radius 3 is 2.89 bits per heavy atom. The van der Waals surface area contributed by atoms with Crippen molar-refractivity contribution in [2.45, 2.75) is 6.04 Å². The van der Waals surface area contributed by atoms with Gasteiger partial charge >= 0.3 is 0 Å². The first-order valence-electron chi connectivity index (χ1n) is 5.46. The molecule has 0 spiro atoms. The number of aliphatic hydroxyl groups excluding tert-OH is 1. The molecule has 1 atom stereocenters. The van der Waals surface area contributed by atoms with Crippen molar-refractivity contribution in [2.24, 2.45) is 0 Å². The number of rotatable bonds is 4. The Kier molecular flexibility index (Phi) is 3.38.